The van der Waals surface area contributed by atoms with E-state index < -0.39 is 0 Å². The number of aromatic nitrogens is 2. The van der Waals surface area contributed by atoms with E-state index in [9.17, 15) is 4.79 Å². The van der Waals surface area contributed by atoms with Gasteiger partial charge < -0.3 is 14.2 Å². The molecule has 1 amide bonds. The van der Waals surface area contributed by atoms with Gasteiger partial charge in [0.25, 0.3) is 11.1 Å². The minimum absolute atomic E-state index is 0.0789. The van der Waals surface area contributed by atoms with Crippen LogP contribution < -0.4 is 5.32 Å². The Morgan fingerprint density at radius 2 is 1.96 bits per heavy atom. The number of benzene rings is 1. The molecule has 0 aliphatic rings. The summed E-state index contributed by atoms with van der Waals surface area (Å²) in [5.41, 5.74) is 3.02. The van der Waals surface area contributed by atoms with E-state index in [4.69, 9.17) is 8.83 Å². The molecule has 0 saturated heterocycles. The maximum Gasteiger partial charge on any atom is 0.277 e. The van der Waals surface area contributed by atoms with Crippen LogP contribution in [0.1, 0.15) is 23.8 Å². The average Bonchev–Trinajstić information content (AvgIpc) is 3.22. The predicted octanol–water partition coefficient (Wildman–Crippen LogP) is 3.74. The fourth-order valence-corrected chi connectivity index (χ4v) is 2.92. The number of rotatable bonds is 6. The molecule has 7 heteroatoms. The van der Waals surface area contributed by atoms with Crippen LogP contribution in [-0.2, 0) is 11.3 Å². The highest BCUT2D eigenvalue weighted by Crippen LogP contribution is 2.28. The molecule has 25 heavy (non-hydrogen) atoms. The van der Waals surface area contributed by atoms with Crippen LogP contribution in [0.3, 0.4) is 0 Å². The van der Waals surface area contributed by atoms with Gasteiger partial charge in [0.05, 0.1) is 17.1 Å². The zero-order valence-corrected chi connectivity index (χ0v) is 15.1. The van der Waals surface area contributed by atoms with Gasteiger partial charge in [-0.15, -0.1) is 10.2 Å². The molecular formula is C18H19N3O3S. The fraction of sp³-hybridized carbons (Fsp3) is 0.278. The second-order valence-electron chi connectivity index (χ2n) is 5.73. The average molecular weight is 357 g/mol. The van der Waals surface area contributed by atoms with E-state index in [1.165, 1.54) is 17.3 Å². The lowest BCUT2D eigenvalue weighted by molar-refractivity contribution is -0.120. The van der Waals surface area contributed by atoms with Gasteiger partial charge in [0.2, 0.25) is 5.91 Å². The van der Waals surface area contributed by atoms with E-state index in [0.717, 1.165) is 11.1 Å². The van der Waals surface area contributed by atoms with Crippen LogP contribution in [0, 0.1) is 13.8 Å². The molecule has 2 aromatic heterocycles. The first-order valence-electron chi connectivity index (χ1n) is 7.91. The van der Waals surface area contributed by atoms with E-state index >= 15 is 0 Å². The van der Waals surface area contributed by atoms with E-state index in [-0.39, 0.29) is 11.2 Å². The molecule has 0 bridgehead atoms. The first-order chi connectivity index (χ1) is 12.0. The molecule has 1 atom stereocenters. The first kappa shape index (κ1) is 17.3. The van der Waals surface area contributed by atoms with Crippen LogP contribution in [0.25, 0.3) is 11.5 Å². The second-order valence-corrected chi connectivity index (χ2v) is 7.02. The van der Waals surface area contributed by atoms with Crippen molar-refractivity contribution in [2.45, 2.75) is 37.8 Å². The number of hydrogen-bond donors (Lipinski definition) is 1. The Bertz CT molecular complexity index is 855. The minimum Gasteiger partial charge on any atom is -0.469 e. The summed E-state index contributed by atoms with van der Waals surface area (Å²) in [6.45, 7) is 6.16. The summed E-state index contributed by atoms with van der Waals surface area (Å²) in [6, 6.07) is 9.83. The normalized spacial score (nSPS) is 12.1. The molecule has 0 spiro atoms. The number of carbonyl (C=O) groups excluding carboxylic acids is 1. The maximum atomic E-state index is 12.2. The van der Waals surface area contributed by atoms with E-state index in [2.05, 4.69) is 15.5 Å². The Kier molecular flexibility index (Phi) is 5.23. The van der Waals surface area contributed by atoms with Crippen molar-refractivity contribution < 1.29 is 13.6 Å². The lowest BCUT2D eigenvalue weighted by Gasteiger charge is -2.10. The van der Waals surface area contributed by atoms with E-state index in [0.29, 0.717) is 23.4 Å². The van der Waals surface area contributed by atoms with Crippen molar-refractivity contribution in [3.63, 3.8) is 0 Å². The highest BCUT2D eigenvalue weighted by atomic mass is 32.2. The Labute approximate surface area is 150 Å². The van der Waals surface area contributed by atoms with Crippen LogP contribution >= 0.6 is 11.8 Å². The number of aryl methyl sites for hydroxylation is 2. The van der Waals surface area contributed by atoms with Gasteiger partial charge in [-0.1, -0.05) is 41.6 Å². The van der Waals surface area contributed by atoms with Gasteiger partial charge in [0.1, 0.15) is 5.76 Å². The largest absolute Gasteiger partial charge is 0.469 e. The van der Waals surface area contributed by atoms with Crippen LogP contribution in [-0.4, -0.2) is 21.4 Å². The number of carbonyl (C=O) groups is 1. The summed E-state index contributed by atoms with van der Waals surface area (Å²) in [4.78, 5) is 12.2. The zero-order chi connectivity index (χ0) is 17.8. The van der Waals surface area contributed by atoms with E-state index in [1.807, 2.05) is 45.0 Å². The topological polar surface area (TPSA) is 81.2 Å². The quantitative estimate of drug-likeness (QED) is 0.677. The number of thioether (sulfide) groups is 1. The van der Waals surface area contributed by atoms with Crippen molar-refractivity contribution in [1.82, 2.24) is 15.5 Å². The Morgan fingerprint density at radius 1 is 1.20 bits per heavy atom. The van der Waals surface area contributed by atoms with Crippen LogP contribution in [0.5, 0.6) is 0 Å². The standard InChI is InChI=1S/C18H19N3O3S/c1-11-4-6-14(7-5-11)10-19-16(22)13(3)25-18-21-20-17(24-18)15-8-9-23-12(15)2/h4-9,13H,10H2,1-3H3,(H,19,22). The highest BCUT2D eigenvalue weighted by Gasteiger charge is 2.19. The fourth-order valence-electron chi connectivity index (χ4n) is 2.22. The molecule has 0 fully saturated rings. The molecule has 0 saturated carbocycles. The number of nitrogens with one attached hydrogen (secondary N) is 1. The summed E-state index contributed by atoms with van der Waals surface area (Å²) < 4.78 is 10.8. The zero-order valence-electron chi connectivity index (χ0n) is 14.3. The third-order valence-electron chi connectivity index (χ3n) is 3.73. The van der Waals surface area contributed by atoms with Crippen molar-refractivity contribution in [3.8, 4) is 11.5 Å². The molecule has 1 aromatic carbocycles. The molecule has 1 unspecified atom stereocenters. The summed E-state index contributed by atoms with van der Waals surface area (Å²) in [5, 5.41) is 10.9. The number of amides is 1. The SMILES string of the molecule is Cc1ccc(CNC(=O)C(C)Sc2nnc(-c3ccoc3C)o2)cc1. The molecule has 0 aliphatic carbocycles. The van der Waals surface area contributed by atoms with Gasteiger partial charge in [-0.2, -0.15) is 0 Å². The Morgan fingerprint density at radius 3 is 2.64 bits per heavy atom. The molecular weight excluding hydrogens is 338 g/mol. The van der Waals surface area contributed by atoms with Gasteiger partial charge in [-0.25, -0.2) is 0 Å². The Hall–Kier alpha value is -2.54. The third kappa shape index (κ3) is 4.30. The van der Waals surface area contributed by atoms with Crippen LogP contribution in [0.15, 0.2) is 50.7 Å². The summed E-state index contributed by atoms with van der Waals surface area (Å²) in [7, 11) is 0. The van der Waals surface area contributed by atoms with Gasteiger partial charge in [-0.05, 0) is 32.4 Å². The number of nitrogens with zero attached hydrogens (tertiary/aromatic N) is 2. The maximum absolute atomic E-state index is 12.2. The lowest BCUT2D eigenvalue weighted by Crippen LogP contribution is -2.30. The second kappa shape index (κ2) is 7.57. The van der Waals surface area contributed by atoms with Crippen molar-refractivity contribution in [3.05, 3.63) is 53.5 Å². The van der Waals surface area contributed by atoms with Crippen molar-refractivity contribution in [2.75, 3.05) is 0 Å². The monoisotopic (exact) mass is 357 g/mol. The molecule has 0 aliphatic heterocycles. The minimum atomic E-state index is -0.343. The van der Waals surface area contributed by atoms with Crippen molar-refractivity contribution >= 4 is 17.7 Å². The molecule has 6 nitrogen and oxygen atoms in total. The molecule has 1 N–H and O–H groups in total. The molecule has 3 rings (SSSR count). The first-order valence-corrected chi connectivity index (χ1v) is 8.79. The highest BCUT2D eigenvalue weighted by molar-refractivity contribution is 8.00. The smallest absolute Gasteiger partial charge is 0.277 e. The van der Waals surface area contributed by atoms with Gasteiger partial charge >= 0.3 is 0 Å². The van der Waals surface area contributed by atoms with Gasteiger partial charge in [0.15, 0.2) is 0 Å². The van der Waals surface area contributed by atoms with Crippen LogP contribution in [0.4, 0.5) is 0 Å². The molecule has 0 radical (unpaired) electrons. The summed E-state index contributed by atoms with van der Waals surface area (Å²) in [6.07, 6.45) is 1.57. The van der Waals surface area contributed by atoms with Crippen molar-refractivity contribution in [1.29, 1.82) is 0 Å². The van der Waals surface area contributed by atoms with Gasteiger partial charge in [-0.3, -0.25) is 4.79 Å². The Balaban J connectivity index is 1.55. The molecule has 2 heterocycles. The summed E-state index contributed by atoms with van der Waals surface area (Å²) >= 11 is 1.23. The third-order valence-corrected chi connectivity index (χ3v) is 4.66. The number of furan rings is 1. The number of hydrogen-bond acceptors (Lipinski definition) is 6. The van der Waals surface area contributed by atoms with Crippen molar-refractivity contribution in [2.24, 2.45) is 0 Å². The lowest BCUT2D eigenvalue weighted by atomic mass is 10.1. The predicted molar refractivity (Wildman–Crippen MR) is 95.1 cm³/mol. The summed E-state index contributed by atoms with van der Waals surface area (Å²) in [5.74, 6) is 1.02. The molecule has 3 aromatic rings. The van der Waals surface area contributed by atoms with E-state index in [1.54, 1.807) is 12.3 Å². The van der Waals surface area contributed by atoms with Gasteiger partial charge in [0, 0.05) is 6.54 Å². The van der Waals surface area contributed by atoms with Crippen LogP contribution in [0.2, 0.25) is 0 Å². The molecule has 130 valence electrons.